The van der Waals surface area contributed by atoms with Crippen LogP contribution >= 0.6 is 11.6 Å². The van der Waals surface area contributed by atoms with E-state index in [9.17, 15) is 4.79 Å². The van der Waals surface area contributed by atoms with Crippen molar-refractivity contribution in [1.82, 2.24) is 10.2 Å². The fourth-order valence-electron chi connectivity index (χ4n) is 3.67. The standard InChI is InChI=1S/C18H23ClN2O2/c19-14-3-1-2-12(8-14)10-21-11-17-16(21)7-6-15(23-17)9-20-18(22)13-4-5-13/h1-3,8,13,15-17H,4-7,9-11H2,(H,20,22)/t15-,16-,17-/m1/s1. The number of hydrogen-bond donors (Lipinski definition) is 1. The SMILES string of the molecule is O=C(NC[C@H]1CC[C@@H]2[C@@H](CN2Cc2cccc(Cl)c2)O1)C1CC1. The van der Waals surface area contributed by atoms with Crippen molar-refractivity contribution in [3.8, 4) is 0 Å². The number of nitrogens with one attached hydrogen (secondary N) is 1. The molecule has 2 heterocycles. The summed E-state index contributed by atoms with van der Waals surface area (Å²) in [6.07, 6.45) is 4.80. The predicted octanol–water partition coefficient (Wildman–Crippen LogP) is 2.60. The molecule has 0 bridgehead atoms. The van der Waals surface area contributed by atoms with Crippen molar-refractivity contribution in [1.29, 1.82) is 0 Å². The van der Waals surface area contributed by atoms with Gasteiger partial charge in [-0.1, -0.05) is 23.7 Å². The number of halogens is 1. The van der Waals surface area contributed by atoms with E-state index in [-0.39, 0.29) is 17.9 Å². The molecule has 23 heavy (non-hydrogen) atoms. The average molecular weight is 335 g/mol. The van der Waals surface area contributed by atoms with Crippen LogP contribution in [0.25, 0.3) is 0 Å². The first-order valence-electron chi connectivity index (χ1n) is 8.61. The number of carbonyl (C=O) groups is 1. The van der Waals surface area contributed by atoms with Crippen molar-refractivity contribution in [2.45, 2.75) is 50.5 Å². The molecule has 0 unspecified atom stereocenters. The molecule has 0 aromatic heterocycles. The van der Waals surface area contributed by atoms with E-state index < -0.39 is 0 Å². The van der Waals surface area contributed by atoms with Gasteiger partial charge in [0, 0.05) is 36.6 Å². The van der Waals surface area contributed by atoms with Crippen LogP contribution < -0.4 is 5.32 Å². The Hall–Kier alpha value is -1.10. The summed E-state index contributed by atoms with van der Waals surface area (Å²) in [4.78, 5) is 14.2. The minimum Gasteiger partial charge on any atom is -0.370 e. The van der Waals surface area contributed by atoms with Gasteiger partial charge in [0.25, 0.3) is 0 Å². The number of likely N-dealkylation sites (tertiary alicyclic amines) is 1. The molecule has 1 saturated carbocycles. The first-order chi connectivity index (χ1) is 11.2. The van der Waals surface area contributed by atoms with Gasteiger partial charge in [0.05, 0.1) is 12.2 Å². The number of nitrogens with zero attached hydrogens (tertiary/aromatic N) is 1. The molecule has 3 fully saturated rings. The fourth-order valence-corrected chi connectivity index (χ4v) is 3.88. The van der Waals surface area contributed by atoms with Crippen LogP contribution in [0.3, 0.4) is 0 Å². The van der Waals surface area contributed by atoms with Crippen LogP contribution in [0.1, 0.15) is 31.2 Å². The van der Waals surface area contributed by atoms with E-state index in [1.165, 1.54) is 5.56 Å². The summed E-state index contributed by atoms with van der Waals surface area (Å²) in [6.45, 7) is 2.59. The Labute approximate surface area is 142 Å². The second kappa shape index (κ2) is 6.42. The highest BCUT2D eigenvalue weighted by molar-refractivity contribution is 6.30. The van der Waals surface area contributed by atoms with Crippen LogP contribution in [0.2, 0.25) is 5.02 Å². The number of ether oxygens (including phenoxy) is 1. The van der Waals surface area contributed by atoms with E-state index in [4.69, 9.17) is 16.3 Å². The normalized spacial score (nSPS) is 30.4. The van der Waals surface area contributed by atoms with E-state index in [1.54, 1.807) is 0 Å². The lowest BCUT2D eigenvalue weighted by molar-refractivity contribution is -0.169. The van der Waals surface area contributed by atoms with Crippen molar-refractivity contribution in [2.24, 2.45) is 5.92 Å². The van der Waals surface area contributed by atoms with Crippen molar-refractivity contribution in [2.75, 3.05) is 13.1 Å². The second-order valence-electron chi connectivity index (χ2n) is 7.02. The van der Waals surface area contributed by atoms with E-state index in [2.05, 4.69) is 16.3 Å². The largest absolute Gasteiger partial charge is 0.370 e. The average Bonchev–Trinajstić information content (AvgIpc) is 3.35. The first-order valence-corrected chi connectivity index (χ1v) is 8.98. The fraction of sp³-hybridized carbons (Fsp3) is 0.611. The lowest BCUT2D eigenvalue weighted by Gasteiger charge is -2.52. The Balaban J connectivity index is 1.23. The summed E-state index contributed by atoms with van der Waals surface area (Å²) in [5.74, 6) is 0.496. The molecule has 4 rings (SSSR count). The van der Waals surface area contributed by atoms with Gasteiger partial charge < -0.3 is 10.1 Å². The number of carbonyl (C=O) groups excluding carboxylic acids is 1. The maximum absolute atomic E-state index is 11.7. The van der Waals surface area contributed by atoms with Gasteiger partial charge in [-0.2, -0.15) is 0 Å². The molecule has 1 amide bonds. The number of benzene rings is 1. The molecule has 1 aromatic carbocycles. The number of hydrogen-bond acceptors (Lipinski definition) is 3. The van der Waals surface area contributed by atoms with Crippen LogP contribution in [0.15, 0.2) is 24.3 Å². The van der Waals surface area contributed by atoms with Gasteiger partial charge in [-0.15, -0.1) is 0 Å². The van der Waals surface area contributed by atoms with E-state index in [0.717, 1.165) is 43.8 Å². The highest BCUT2D eigenvalue weighted by atomic mass is 35.5. The molecule has 3 aliphatic rings. The minimum atomic E-state index is 0.187. The van der Waals surface area contributed by atoms with E-state index >= 15 is 0 Å². The Morgan fingerprint density at radius 1 is 1.30 bits per heavy atom. The first kappa shape index (κ1) is 15.4. The minimum absolute atomic E-state index is 0.187. The monoisotopic (exact) mass is 334 g/mol. The highest BCUT2D eigenvalue weighted by Gasteiger charge is 2.44. The number of fused-ring (bicyclic) bond motifs is 1. The number of amides is 1. The van der Waals surface area contributed by atoms with Crippen molar-refractivity contribution >= 4 is 17.5 Å². The van der Waals surface area contributed by atoms with E-state index in [1.807, 2.05) is 18.2 Å². The van der Waals surface area contributed by atoms with Crippen LogP contribution in [0.4, 0.5) is 0 Å². The van der Waals surface area contributed by atoms with E-state index in [0.29, 0.717) is 18.7 Å². The molecule has 1 aliphatic carbocycles. The van der Waals surface area contributed by atoms with Gasteiger partial charge in [-0.05, 0) is 43.4 Å². The van der Waals surface area contributed by atoms with Gasteiger partial charge in [0.1, 0.15) is 0 Å². The third kappa shape index (κ3) is 3.54. The summed E-state index contributed by atoms with van der Waals surface area (Å²) >= 11 is 6.06. The zero-order valence-electron chi connectivity index (χ0n) is 13.2. The number of rotatable bonds is 5. The van der Waals surface area contributed by atoms with Crippen molar-refractivity contribution < 1.29 is 9.53 Å². The summed E-state index contributed by atoms with van der Waals surface area (Å²) in [5, 5.41) is 3.84. The van der Waals surface area contributed by atoms with Crippen molar-refractivity contribution in [3.63, 3.8) is 0 Å². The zero-order chi connectivity index (χ0) is 15.8. The van der Waals surface area contributed by atoms with Crippen LogP contribution in [0.5, 0.6) is 0 Å². The highest BCUT2D eigenvalue weighted by Crippen LogP contribution is 2.34. The van der Waals surface area contributed by atoms with Crippen molar-refractivity contribution in [3.05, 3.63) is 34.9 Å². The molecule has 4 nitrogen and oxygen atoms in total. The van der Waals surface area contributed by atoms with Crippen LogP contribution in [0, 0.1) is 5.92 Å². The molecule has 124 valence electrons. The predicted molar refractivity (Wildman–Crippen MR) is 89.3 cm³/mol. The van der Waals surface area contributed by atoms with Gasteiger partial charge in [-0.3, -0.25) is 9.69 Å². The second-order valence-corrected chi connectivity index (χ2v) is 7.46. The topological polar surface area (TPSA) is 41.6 Å². The Bertz CT molecular complexity index is 590. The Morgan fingerprint density at radius 3 is 2.91 bits per heavy atom. The summed E-state index contributed by atoms with van der Waals surface area (Å²) < 4.78 is 6.15. The van der Waals surface area contributed by atoms with Gasteiger partial charge in [0.2, 0.25) is 5.91 Å². The van der Waals surface area contributed by atoms with Gasteiger partial charge in [-0.25, -0.2) is 0 Å². The lowest BCUT2D eigenvalue weighted by Crippen LogP contribution is -2.64. The third-order valence-corrected chi connectivity index (χ3v) is 5.43. The molecule has 0 spiro atoms. The molecule has 0 radical (unpaired) electrons. The molecule has 3 atom stereocenters. The maximum Gasteiger partial charge on any atom is 0.223 e. The quantitative estimate of drug-likeness (QED) is 0.900. The van der Waals surface area contributed by atoms with Gasteiger partial charge >= 0.3 is 0 Å². The zero-order valence-corrected chi connectivity index (χ0v) is 14.0. The molecule has 1 aromatic rings. The molecule has 2 aliphatic heterocycles. The summed E-state index contributed by atoms with van der Waals surface area (Å²) in [7, 11) is 0. The molecular weight excluding hydrogens is 312 g/mol. The summed E-state index contributed by atoms with van der Waals surface area (Å²) in [6, 6.07) is 8.59. The summed E-state index contributed by atoms with van der Waals surface area (Å²) in [5.41, 5.74) is 1.26. The maximum atomic E-state index is 11.7. The van der Waals surface area contributed by atoms with Crippen LogP contribution in [-0.4, -0.2) is 42.1 Å². The van der Waals surface area contributed by atoms with Gasteiger partial charge in [0.15, 0.2) is 0 Å². The molecular formula is C18H23ClN2O2. The molecule has 5 heteroatoms. The van der Waals surface area contributed by atoms with Crippen LogP contribution in [-0.2, 0) is 16.1 Å². The Morgan fingerprint density at radius 2 is 2.17 bits per heavy atom. The molecule has 2 saturated heterocycles. The third-order valence-electron chi connectivity index (χ3n) is 5.19. The smallest absolute Gasteiger partial charge is 0.223 e. The lowest BCUT2D eigenvalue weighted by atomic mass is 9.89. The Kier molecular flexibility index (Phi) is 4.31. The molecule has 1 N–H and O–H groups in total.